The number of likely N-dealkylation sites (N-methyl/N-ethyl adjacent to an activating group) is 2. The first kappa shape index (κ1) is 29.7. The van der Waals surface area contributed by atoms with Crippen LogP contribution in [-0.4, -0.2) is 79.9 Å². The molecule has 4 aliphatic rings. The van der Waals surface area contributed by atoms with Crippen molar-refractivity contribution in [3.8, 4) is 0 Å². The number of likely N-dealkylation sites (tertiary alicyclic amines) is 1. The summed E-state index contributed by atoms with van der Waals surface area (Å²) in [6.45, 7) is 4.84. The Morgan fingerprint density at radius 2 is 1.52 bits per heavy atom. The van der Waals surface area contributed by atoms with Crippen LogP contribution in [0.25, 0.3) is 6.08 Å². The smallest absolute Gasteiger partial charge is 0.254 e. The Morgan fingerprint density at radius 1 is 0.864 bits per heavy atom. The molecule has 3 aliphatic heterocycles. The lowest BCUT2D eigenvalue weighted by atomic mass is 9.53. The quantitative estimate of drug-likeness (QED) is 0.318. The number of nitrogens with zero attached hydrogens (tertiary/aromatic N) is 4. The van der Waals surface area contributed by atoms with Crippen LogP contribution in [0.5, 0.6) is 0 Å². The summed E-state index contributed by atoms with van der Waals surface area (Å²) in [6, 6.07) is 23.7. The Morgan fingerprint density at radius 3 is 2.23 bits per heavy atom. The maximum Gasteiger partial charge on any atom is 0.254 e. The number of ketones is 1. The third kappa shape index (κ3) is 4.49. The van der Waals surface area contributed by atoms with Crippen LogP contribution in [0, 0.1) is 5.41 Å². The highest BCUT2D eigenvalue weighted by atomic mass is 35.5. The average Bonchev–Trinajstić information content (AvgIpc) is 3.43. The topological polar surface area (TPSA) is 47.1 Å². The fraction of sp³-hybridized carbons (Fsp3) is 0.389. The Hall–Kier alpha value is -3.00. The van der Waals surface area contributed by atoms with E-state index in [1.165, 1.54) is 0 Å². The van der Waals surface area contributed by atoms with E-state index in [9.17, 15) is 0 Å². The van der Waals surface area contributed by atoms with E-state index in [4.69, 9.17) is 23.2 Å². The number of anilines is 1. The van der Waals surface area contributed by atoms with E-state index >= 15 is 9.59 Å². The number of halogens is 2. The predicted octanol–water partition coefficient (Wildman–Crippen LogP) is 6.29. The Bertz CT molecular complexity index is 1620. The van der Waals surface area contributed by atoms with Gasteiger partial charge < -0.3 is 4.90 Å². The average molecular weight is 630 g/mol. The molecule has 1 aliphatic carbocycles. The van der Waals surface area contributed by atoms with Crippen molar-refractivity contribution in [2.24, 2.45) is 5.41 Å². The summed E-state index contributed by atoms with van der Waals surface area (Å²) in [5.74, 6) is -0.0999. The maximum atomic E-state index is 15.3. The molecule has 6 nitrogen and oxygen atoms in total. The number of carbonyl (C=O) groups is 2. The fourth-order valence-corrected chi connectivity index (χ4v) is 8.71. The molecule has 228 valence electrons. The molecule has 3 atom stereocenters. The minimum atomic E-state index is -1.13. The van der Waals surface area contributed by atoms with Gasteiger partial charge in [-0.1, -0.05) is 65.7 Å². The molecule has 7 rings (SSSR count). The van der Waals surface area contributed by atoms with E-state index in [1.54, 1.807) is 0 Å². The van der Waals surface area contributed by atoms with E-state index < -0.39 is 11.0 Å². The van der Waals surface area contributed by atoms with E-state index in [2.05, 4.69) is 33.9 Å². The number of piperazine rings is 1. The first-order valence-electron chi connectivity index (χ1n) is 15.6. The third-order valence-corrected chi connectivity index (χ3v) is 11.0. The first-order chi connectivity index (χ1) is 21.3. The van der Waals surface area contributed by atoms with Gasteiger partial charge in [0.1, 0.15) is 5.54 Å². The predicted molar refractivity (Wildman–Crippen MR) is 177 cm³/mol. The standard InChI is InChI=1S/C36H38Cl2N4O2/c1-39-18-20-41(21-19-39)24-42-32-8-4-3-7-30(32)36(34(42)44)35(31(23-40(36)2)26-11-15-29(38)16-12-26)17-5-6-27(33(35)43)22-25-9-13-28(37)14-10-25/h3-4,7-16,22,31H,5-6,17-21,23-24H2,1-2H3/b27-22+/t31-,35+,36+/m0/s1. The van der Waals surface area contributed by atoms with Crippen molar-refractivity contribution >= 4 is 46.7 Å². The van der Waals surface area contributed by atoms with Crippen LogP contribution in [0.4, 0.5) is 5.69 Å². The minimum Gasteiger partial charge on any atom is -0.304 e. The van der Waals surface area contributed by atoms with Gasteiger partial charge in [-0.2, -0.15) is 0 Å². The molecule has 3 heterocycles. The zero-order valence-electron chi connectivity index (χ0n) is 25.3. The van der Waals surface area contributed by atoms with Gasteiger partial charge in [0, 0.05) is 54.3 Å². The van der Waals surface area contributed by atoms with Crippen LogP contribution in [-0.2, 0) is 15.1 Å². The lowest BCUT2D eigenvalue weighted by Crippen LogP contribution is -2.62. The van der Waals surface area contributed by atoms with Gasteiger partial charge in [0.2, 0.25) is 0 Å². The third-order valence-electron chi connectivity index (χ3n) is 10.5. The number of Topliss-reactive ketones (excluding diaryl/α,β-unsaturated/α-hetero) is 1. The van der Waals surface area contributed by atoms with Crippen LogP contribution >= 0.6 is 23.2 Å². The van der Waals surface area contributed by atoms with Crippen LogP contribution < -0.4 is 4.90 Å². The summed E-state index contributed by atoms with van der Waals surface area (Å²) in [5.41, 5.74) is 2.50. The molecule has 8 heteroatoms. The molecule has 3 fully saturated rings. The van der Waals surface area contributed by atoms with Crippen molar-refractivity contribution in [2.75, 3.05) is 58.4 Å². The van der Waals surface area contributed by atoms with E-state index in [-0.39, 0.29) is 17.6 Å². The van der Waals surface area contributed by atoms with Crippen LogP contribution in [0.1, 0.15) is 41.9 Å². The summed E-state index contributed by atoms with van der Waals surface area (Å²) < 4.78 is 0. The van der Waals surface area contributed by atoms with Crippen molar-refractivity contribution in [2.45, 2.75) is 30.7 Å². The van der Waals surface area contributed by atoms with Crippen molar-refractivity contribution in [1.82, 2.24) is 14.7 Å². The second-order valence-corrected chi connectivity index (χ2v) is 13.8. The molecule has 3 aromatic carbocycles. The lowest BCUT2D eigenvalue weighted by Gasteiger charge is -2.49. The second kappa shape index (κ2) is 11.4. The molecular weight excluding hydrogens is 591 g/mol. The number of hydrogen-bond donors (Lipinski definition) is 0. The summed E-state index contributed by atoms with van der Waals surface area (Å²) in [5, 5.41) is 1.31. The molecular formula is C36H38Cl2N4O2. The number of amides is 1. The molecule has 3 aromatic rings. The molecule has 44 heavy (non-hydrogen) atoms. The highest BCUT2D eigenvalue weighted by molar-refractivity contribution is 6.30. The normalized spacial score (nSPS) is 29.0. The number of carbonyl (C=O) groups excluding carboxylic acids is 2. The summed E-state index contributed by atoms with van der Waals surface area (Å²) in [7, 11) is 4.18. The Labute approximate surface area is 269 Å². The van der Waals surface area contributed by atoms with Crippen molar-refractivity contribution in [3.63, 3.8) is 0 Å². The van der Waals surface area contributed by atoms with Gasteiger partial charge in [0.05, 0.1) is 17.8 Å². The summed E-state index contributed by atoms with van der Waals surface area (Å²) in [4.78, 5) is 39.5. The van der Waals surface area contributed by atoms with Gasteiger partial charge in [-0.3, -0.25) is 24.3 Å². The first-order valence-corrected chi connectivity index (χ1v) is 16.3. The molecule has 2 saturated heterocycles. The number of benzene rings is 3. The SMILES string of the molecule is CN1CCN(CN2C(=O)[C@@]3(c4ccccc42)N(C)C[C@@H](c2ccc(Cl)cc2)[C@@]32CCC/C(=C\c3ccc(Cl)cc3)C2=O)CC1. The molecule has 1 saturated carbocycles. The molecule has 0 bridgehead atoms. The van der Waals surface area contributed by atoms with Crippen LogP contribution in [0.2, 0.25) is 10.0 Å². The highest BCUT2D eigenvalue weighted by Crippen LogP contribution is 2.67. The van der Waals surface area contributed by atoms with Crippen molar-refractivity contribution in [1.29, 1.82) is 0 Å². The van der Waals surface area contributed by atoms with E-state index in [0.29, 0.717) is 36.1 Å². The van der Waals surface area contributed by atoms with Gasteiger partial charge >= 0.3 is 0 Å². The summed E-state index contributed by atoms with van der Waals surface area (Å²) >= 11 is 12.5. The Kier molecular flexibility index (Phi) is 7.71. The number of hydrogen-bond acceptors (Lipinski definition) is 5. The van der Waals surface area contributed by atoms with Crippen LogP contribution in [0.15, 0.2) is 78.4 Å². The minimum absolute atomic E-state index is 0.0117. The van der Waals surface area contributed by atoms with Crippen LogP contribution in [0.3, 0.4) is 0 Å². The maximum absolute atomic E-state index is 15.3. The van der Waals surface area contributed by atoms with Crippen molar-refractivity contribution in [3.05, 3.63) is 105 Å². The number of allylic oxidation sites excluding steroid dienone is 1. The largest absolute Gasteiger partial charge is 0.304 e. The van der Waals surface area contributed by atoms with Crippen molar-refractivity contribution < 1.29 is 9.59 Å². The fourth-order valence-electron chi connectivity index (χ4n) is 8.46. The summed E-state index contributed by atoms with van der Waals surface area (Å²) in [6.07, 6.45) is 4.14. The zero-order chi connectivity index (χ0) is 30.6. The van der Waals surface area contributed by atoms with E-state index in [1.807, 2.05) is 78.7 Å². The molecule has 0 unspecified atom stereocenters. The lowest BCUT2D eigenvalue weighted by molar-refractivity contribution is -0.146. The number of rotatable bonds is 4. The molecule has 0 aromatic heterocycles. The molecule has 0 N–H and O–H groups in total. The van der Waals surface area contributed by atoms with E-state index in [0.717, 1.165) is 60.6 Å². The Balaban J connectivity index is 1.40. The highest BCUT2D eigenvalue weighted by Gasteiger charge is 2.75. The molecule has 0 radical (unpaired) electrons. The van der Waals surface area contributed by atoms with Gasteiger partial charge in [0.15, 0.2) is 5.78 Å². The zero-order valence-corrected chi connectivity index (χ0v) is 26.8. The van der Waals surface area contributed by atoms with Gasteiger partial charge in [-0.25, -0.2) is 0 Å². The van der Waals surface area contributed by atoms with Gasteiger partial charge in [-0.15, -0.1) is 0 Å². The second-order valence-electron chi connectivity index (χ2n) is 12.9. The van der Waals surface area contributed by atoms with Gasteiger partial charge in [0.25, 0.3) is 5.91 Å². The monoisotopic (exact) mass is 628 g/mol. The number of para-hydroxylation sites is 1. The molecule has 2 spiro atoms. The van der Waals surface area contributed by atoms with Gasteiger partial charge in [-0.05, 0) is 86.5 Å². The molecule has 1 amide bonds. The number of fused-ring (bicyclic) bond motifs is 3.